The predicted molar refractivity (Wildman–Crippen MR) is 73.1 cm³/mol. The van der Waals surface area contributed by atoms with E-state index in [-0.39, 0.29) is 24.3 Å². The van der Waals surface area contributed by atoms with Gasteiger partial charge in [0.1, 0.15) is 0 Å². The molecule has 100 valence electrons. The molecule has 0 atom stereocenters. The molecular weight excluding hydrogens is 254 g/mol. The zero-order valence-electron chi connectivity index (χ0n) is 10.0. The van der Waals surface area contributed by atoms with Gasteiger partial charge in [-0.3, -0.25) is 5.41 Å². The summed E-state index contributed by atoms with van der Waals surface area (Å²) >= 11 is 0. The van der Waals surface area contributed by atoms with Crippen molar-refractivity contribution in [2.45, 2.75) is 12.8 Å². The van der Waals surface area contributed by atoms with E-state index in [0.29, 0.717) is 18.7 Å². The number of ether oxygens (including phenoxy) is 1. The van der Waals surface area contributed by atoms with Crippen LogP contribution in [0.3, 0.4) is 0 Å². The normalized spacial score (nSPS) is 9.11. The Labute approximate surface area is 113 Å². The van der Waals surface area contributed by atoms with Crippen LogP contribution in [0.5, 0.6) is 0 Å². The van der Waals surface area contributed by atoms with Crippen molar-refractivity contribution >= 4 is 24.3 Å². The smallest absolute Gasteiger partial charge is 0.338 e. The number of nitrogens with one attached hydrogen (secondary N) is 2. The Hall–Kier alpha value is -1.75. The lowest BCUT2D eigenvalue weighted by Crippen LogP contribution is -2.31. The number of carbonyl (C=O) groups is 1. The lowest BCUT2D eigenvalue weighted by molar-refractivity contribution is 0.0498. The first kappa shape index (κ1) is 16.2. The Balaban J connectivity index is 0.00000289. The first-order chi connectivity index (χ1) is 8.20. The molecule has 18 heavy (non-hydrogen) atoms. The average molecular weight is 272 g/mol. The number of unbranched alkanes of at least 4 members (excludes halogenated alkanes) is 1. The van der Waals surface area contributed by atoms with Crippen molar-refractivity contribution in [2.24, 2.45) is 5.73 Å². The van der Waals surface area contributed by atoms with E-state index in [1.807, 2.05) is 6.07 Å². The number of benzene rings is 1. The molecule has 0 aliphatic carbocycles. The van der Waals surface area contributed by atoms with Gasteiger partial charge in [0.25, 0.3) is 0 Å². The highest BCUT2D eigenvalue weighted by Crippen LogP contribution is 2.01. The minimum Gasteiger partial charge on any atom is -0.462 e. The zero-order valence-corrected chi connectivity index (χ0v) is 10.8. The predicted octanol–water partition coefficient (Wildman–Crippen LogP) is 1.53. The number of carbonyl (C=O) groups excluding carboxylic acids is 1. The first-order valence-electron chi connectivity index (χ1n) is 5.50. The second-order valence-corrected chi connectivity index (χ2v) is 3.55. The molecule has 0 unspecified atom stereocenters. The number of hydrogen-bond acceptors (Lipinski definition) is 3. The van der Waals surface area contributed by atoms with Crippen molar-refractivity contribution in [3.05, 3.63) is 35.9 Å². The molecule has 0 saturated carbocycles. The molecule has 4 N–H and O–H groups in total. The Morgan fingerprint density at radius 2 is 1.94 bits per heavy atom. The van der Waals surface area contributed by atoms with Gasteiger partial charge in [0.15, 0.2) is 5.96 Å². The largest absolute Gasteiger partial charge is 0.462 e. The van der Waals surface area contributed by atoms with Gasteiger partial charge in [-0.1, -0.05) is 18.2 Å². The summed E-state index contributed by atoms with van der Waals surface area (Å²) in [7, 11) is 0. The fourth-order valence-corrected chi connectivity index (χ4v) is 1.27. The Kier molecular flexibility index (Phi) is 8.39. The molecular formula is C12H18ClN3O2. The van der Waals surface area contributed by atoms with Crippen molar-refractivity contribution in [2.75, 3.05) is 13.2 Å². The molecule has 0 heterocycles. The van der Waals surface area contributed by atoms with E-state index in [0.717, 1.165) is 12.8 Å². The second-order valence-electron chi connectivity index (χ2n) is 3.55. The summed E-state index contributed by atoms with van der Waals surface area (Å²) in [6, 6.07) is 8.89. The third-order valence-electron chi connectivity index (χ3n) is 2.13. The van der Waals surface area contributed by atoms with E-state index >= 15 is 0 Å². The van der Waals surface area contributed by atoms with Crippen LogP contribution in [0, 0.1) is 5.41 Å². The van der Waals surface area contributed by atoms with Crippen LogP contribution in [0.15, 0.2) is 30.3 Å². The second kappa shape index (κ2) is 9.30. The van der Waals surface area contributed by atoms with Gasteiger partial charge in [-0.05, 0) is 25.0 Å². The van der Waals surface area contributed by atoms with E-state index in [1.165, 1.54) is 0 Å². The van der Waals surface area contributed by atoms with Crippen LogP contribution in [-0.2, 0) is 4.74 Å². The first-order valence-corrected chi connectivity index (χ1v) is 5.50. The summed E-state index contributed by atoms with van der Waals surface area (Å²) in [6.07, 6.45) is 1.56. The summed E-state index contributed by atoms with van der Waals surface area (Å²) < 4.78 is 5.08. The van der Waals surface area contributed by atoms with Crippen LogP contribution in [0.25, 0.3) is 0 Å². The lowest BCUT2D eigenvalue weighted by Gasteiger charge is -2.05. The molecule has 0 spiro atoms. The molecule has 1 aromatic carbocycles. The molecule has 1 rings (SSSR count). The monoisotopic (exact) mass is 271 g/mol. The number of rotatable bonds is 6. The highest BCUT2D eigenvalue weighted by Gasteiger charge is 2.04. The molecule has 0 aromatic heterocycles. The zero-order chi connectivity index (χ0) is 12.5. The highest BCUT2D eigenvalue weighted by molar-refractivity contribution is 5.89. The van der Waals surface area contributed by atoms with Crippen LogP contribution in [-0.4, -0.2) is 25.1 Å². The summed E-state index contributed by atoms with van der Waals surface area (Å²) in [6.45, 7) is 1.01. The van der Waals surface area contributed by atoms with Crippen LogP contribution >= 0.6 is 12.4 Å². The van der Waals surface area contributed by atoms with Crippen molar-refractivity contribution in [1.82, 2.24) is 5.32 Å². The van der Waals surface area contributed by atoms with Crippen molar-refractivity contribution in [3.63, 3.8) is 0 Å². The molecule has 0 aliphatic rings. The minimum atomic E-state index is -0.301. The molecule has 1 aromatic rings. The minimum absolute atomic E-state index is 0. The lowest BCUT2D eigenvalue weighted by atomic mass is 10.2. The average Bonchev–Trinajstić information content (AvgIpc) is 2.34. The standard InChI is InChI=1S/C12H17N3O2.ClH/c13-12(14)15-8-4-5-9-17-11(16)10-6-2-1-3-7-10;/h1-3,6-7H,4-5,8-9H2,(H4,13,14,15);1H. The fraction of sp³-hybridized carbons (Fsp3) is 0.333. The highest BCUT2D eigenvalue weighted by atomic mass is 35.5. The maximum absolute atomic E-state index is 11.5. The van der Waals surface area contributed by atoms with Crippen LogP contribution in [0.4, 0.5) is 0 Å². The Morgan fingerprint density at radius 1 is 1.28 bits per heavy atom. The van der Waals surface area contributed by atoms with Gasteiger partial charge in [-0.25, -0.2) is 4.79 Å². The van der Waals surface area contributed by atoms with E-state index in [4.69, 9.17) is 15.9 Å². The van der Waals surface area contributed by atoms with Crippen molar-refractivity contribution in [1.29, 1.82) is 5.41 Å². The summed E-state index contributed by atoms with van der Waals surface area (Å²) in [4.78, 5) is 11.5. The molecule has 0 bridgehead atoms. The van der Waals surface area contributed by atoms with E-state index in [1.54, 1.807) is 24.3 Å². The van der Waals surface area contributed by atoms with E-state index < -0.39 is 0 Å². The van der Waals surface area contributed by atoms with E-state index in [2.05, 4.69) is 5.32 Å². The van der Waals surface area contributed by atoms with Gasteiger partial charge in [-0.15, -0.1) is 12.4 Å². The molecule has 0 fully saturated rings. The molecule has 0 saturated heterocycles. The van der Waals surface area contributed by atoms with Crippen LogP contribution in [0.2, 0.25) is 0 Å². The summed E-state index contributed by atoms with van der Waals surface area (Å²) in [5.74, 6) is -0.337. The molecule has 0 aliphatic heterocycles. The number of esters is 1. The molecule has 0 amide bonds. The maximum atomic E-state index is 11.5. The number of hydrogen-bond donors (Lipinski definition) is 3. The number of guanidine groups is 1. The Bertz CT molecular complexity index is 371. The topological polar surface area (TPSA) is 88.2 Å². The van der Waals surface area contributed by atoms with Crippen molar-refractivity contribution in [3.8, 4) is 0 Å². The number of nitrogens with two attached hydrogens (primary N) is 1. The summed E-state index contributed by atoms with van der Waals surface area (Å²) in [5.41, 5.74) is 5.68. The van der Waals surface area contributed by atoms with Gasteiger partial charge < -0.3 is 15.8 Å². The number of halogens is 1. The van der Waals surface area contributed by atoms with Gasteiger partial charge in [0.2, 0.25) is 0 Å². The van der Waals surface area contributed by atoms with Crippen LogP contribution in [0.1, 0.15) is 23.2 Å². The Morgan fingerprint density at radius 3 is 2.56 bits per heavy atom. The third-order valence-corrected chi connectivity index (χ3v) is 2.13. The van der Waals surface area contributed by atoms with Gasteiger partial charge in [-0.2, -0.15) is 0 Å². The third kappa shape index (κ3) is 6.75. The van der Waals surface area contributed by atoms with Gasteiger partial charge in [0, 0.05) is 6.54 Å². The quantitative estimate of drug-likeness (QED) is 0.317. The van der Waals surface area contributed by atoms with Crippen LogP contribution < -0.4 is 11.1 Å². The van der Waals surface area contributed by atoms with E-state index in [9.17, 15) is 4.79 Å². The molecule has 5 nitrogen and oxygen atoms in total. The fourth-order valence-electron chi connectivity index (χ4n) is 1.27. The maximum Gasteiger partial charge on any atom is 0.338 e. The van der Waals surface area contributed by atoms with Gasteiger partial charge in [0.05, 0.1) is 12.2 Å². The SMILES string of the molecule is Cl.N=C(N)NCCCCOC(=O)c1ccccc1. The molecule has 0 radical (unpaired) electrons. The molecule has 6 heteroatoms. The summed E-state index contributed by atoms with van der Waals surface area (Å²) in [5, 5.41) is 9.62. The van der Waals surface area contributed by atoms with Gasteiger partial charge >= 0.3 is 5.97 Å². The van der Waals surface area contributed by atoms with Crippen molar-refractivity contribution < 1.29 is 9.53 Å².